The molecular formula is C12H22N2O2. The molecule has 0 radical (unpaired) electrons. The molecule has 4 heteroatoms. The summed E-state index contributed by atoms with van der Waals surface area (Å²) >= 11 is 0. The molecule has 1 unspecified atom stereocenters. The first-order valence-corrected chi connectivity index (χ1v) is 6.45. The number of carbonyl (C=O) groups is 1. The van der Waals surface area contributed by atoms with E-state index in [0.717, 1.165) is 18.9 Å². The summed E-state index contributed by atoms with van der Waals surface area (Å²) < 4.78 is 5.12. The predicted octanol–water partition coefficient (Wildman–Crippen LogP) is 1.74. The Balaban J connectivity index is 1.71. The topological polar surface area (TPSA) is 55.6 Å². The zero-order valence-corrected chi connectivity index (χ0v) is 9.86. The normalized spacial score (nSPS) is 27.2. The molecule has 2 fully saturated rings. The minimum atomic E-state index is -0.175. The van der Waals surface area contributed by atoms with Crippen LogP contribution in [0.5, 0.6) is 0 Å². The lowest BCUT2D eigenvalue weighted by molar-refractivity contribution is 0.134. The van der Waals surface area contributed by atoms with Crippen molar-refractivity contribution < 1.29 is 9.53 Å². The van der Waals surface area contributed by atoms with Gasteiger partial charge in [0.1, 0.15) is 6.10 Å². The third-order valence-corrected chi connectivity index (χ3v) is 3.74. The van der Waals surface area contributed by atoms with Gasteiger partial charge in [0.2, 0.25) is 0 Å². The zero-order chi connectivity index (χ0) is 11.4. The maximum absolute atomic E-state index is 11.5. The van der Waals surface area contributed by atoms with Crippen molar-refractivity contribution in [3.8, 4) is 0 Å². The van der Waals surface area contributed by atoms with Crippen molar-refractivity contribution in [2.75, 3.05) is 19.6 Å². The van der Waals surface area contributed by atoms with Crippen molar-refractivity contribution in [3.63, 3.8) is 0 Å². The molecule has 1 amide bonds. The first kappa shape index (κ1) is 11.7. The highest BCUT2D eigenvalue weighted by molar-refractivity contribution is 5.69. The van der Waals surface area contributed by atoms with Crippen LogP contribution in [0.3, 0.4) is 0 Å². The number of nitrogens with two attached hydrogens (primary N) is 1. The number of carbonyl (C=O) groups excluding carboxylic acids is 1. The van der Waals surface area contributed by atoms with Gasteiger partial charge in [-0.15, -0.1) is 0 Å². The van der Waals surface area contributed by atoms with E-state index in [1.165, 1.54) is 32.1 Å². The molecule has 92 valence electrons. The van der Waals surface area contributed by atoms with Crippen LogP contribution in [-0.2, 0) is 4.74 Å². The Kier molecular flexibility index (Phi) is 4.04. The minimum absolute atomic E-state index is 0.0844. The largest absolute Gasteiger partial charge is 0.443 e. The zero-order valence-electron chi connectivity index (χ0n) is 9.86. The van der Waals surface area contributed by atoms with Crippen molar-refractivity contribution in [2.45, 2.75) is 44.6 Å². The van der Waals surface area contributed by atoms with Gasteiger partial charge >= 0.3 is 6.09 Å². The first-order valence-electron chi connectivity index (χ1n) is 6.45. The van der Waals surface area contributed by atoms with Gasteiger partial charge in [-0.3, -0.25) is 0 Å². The average molecular weight is 226 g/mol. The van der Waals surface area contributed by atoms with Gasteiger partial charge in [-0.25, -0.2) is 4.79 Å². The van der Waals surface area contributed by atoms with Crippen molar-refractivity contribution >= 4 is 6.09 Å². The van der Waals surface area contributed by atoms with E-state index in [9.17, 15) is 4.79 Å². The molecule has 0 aromatic rings. The summed E-state index contributed by atoms with van der Waals surface area (Å²) in [5, 5.41) is 0. The lowest BCUT2D eigenvalue weighted by atomic mass is 9.87. The van der Waals surface area contributed by atoms with Crippen LogP contribution < -0.4 is 5.73 Å². The molecular weight excluding hydrogens is 204 g/mol. The van der Waals surface area contributed by atoms with E-state index in [-0.39, 0.29) is 12.2 Å². The smallest absolute Gasteiger partial charge is 0.410 e. The third kappa shape index (κ3) is 2.88. The Morgan fingerprint density at radius 2 is 2.06 bits per heavy atom. The van der Waals surface area contributed by atoms with Crippen molar-refractivity contribution in [1.29, 1.82) is 0 Å². The molecule has 16 heavy (non-hydrogen) atoms. The van der Waals surface area contributed by atoms with E-state index >= 15 is 0 Å². The van der Waals surface area contributed by atoms with Crippen molar-refractivity contribution in [3.05, 3.63) is 0 Å². The molecule has 0 aromatic carbocycles. The molecule has 1 aliphatic carbocycles. The van der Waals surface area contributed by atoms with E-state index in [4.69, 9.17) is 10.5 Å². The third-order valence-electron chi connectivity index (χ3n) is 3.74. The summed E-state index contributed by atoms with van der Waals surface area (Å²) in [6, 6.07) is 0. The quantitative estimate of drug-likeness (QED) is 0.794. The molecule has 2 aliphatic rings. The molecule has 1 saturated carbocycles. The number of amides is 1. The van der Waals surface area contributed by atoms with E-state index < -0.39 is 0 Å². The van der Waals surface area contributed by atoms with E-state index in [0.29, 0.717) is 13.1 Å². The van der Waals surface area contributed by atoms with Crippen LogP contribution in [0.15, 0.2) is 0 Å². The highest BCUT2D eigenvalue weighted by Gasteiger charge is 2.30. The van der Waals surface area contributed by atoms with Crippen LogP contribution >= 0.6 is 0 Å². The summed E-state index contributed by atoms with van der Waals surface area (Å²) in [5.74, 6) is 0.818. The van der Waals surface area contributed by atoms with Gasteiger partial charge in [0.15, 0.2) is 0 Å². The number of ether oxygens (including phenoxy) is 1. The van der Waals surface area contributed by atoms with Crippen LogP contribution in [0.2, 0.25) is 0 Å². The van der Waals surface area contributed by atoms with Gasteiger partial charge in [-0.1, -0.05) is 32.1 Å². The SMILES string of the molecule is NCC1CN(CCC2CCCCC2)C(=O)O1. The predicted molar refractivity (Wildman–Crippen MR) is 62.1 cm³/mol. The maximum Gasteiger partial charge on any atom is 0.410 e. The van der Waals surface area contributed by atoms with Gasteiger partial charge in [0.05, 0.1) is 6.54 Å². The van der Waals surface area contributed by atoms with Crippen molar-refractivity contribution in [1.82, 2.24) is 4.90 Å². The summed E-state index contributed by atoms with van der Waals surface area (Å²) in [4.78, 5) is 13.3. The Labute approximate surface area is 97.1 Å². The van der Waals surface area contributed by atoms with Crippen LogP contribution in [0.4, 0.5) is 4.79 Å². The summed E-state index contributed by atoms with van der Waals surface area (Å²) in [5.41, 5.74) is 5.49. The minimum Gasteiger partial charge on any atom is -0.443 e. The standard InChI is InChI=1S/C12H22N2O2/c13-8-11-9-14(12(15)16-11)7-6-10-4-2-1-3-5-10/h10-11H,1-9,13H2. The van der Waals surface area contributed by atoms with E-state index in [2.05, 4.69) is 0 Å². The van der Waals surface area contributed by atoms with Gasteiger partial charge in [-0.2, -0.15) is 0 Å². The number of hydrogen-bond acceptors (Lipinski definition) is 3. The molecule has 2 N–H and O–H groups in total. The fraction of sp³-hybridized carbons (Fsp3) is 0.917. The summed E-state index contributed by atoms with van der Waals surface area (Å²) in [6.07, 6.45) is 7.65. The van der Waals surface area contributed by atoms with Crippen molar-refractivity contribution in [2.24, 2.45) is 11.7 Å². The lowest BCUT2D eigenvalue weighted by Crippen LogP contribution is -2.29. The first-order chi connectivity index (χ1) is 7.79. The molecule has 1 aliphatic heterocycles. The Bertz CT molecular complexity index is 239. The van der Waals surface area contributed by atoms with Crippen LogP contribution in [0, 0.1) is 5.92 Å². The molecule has 1 heterocycles. The fourth-order valence-corrected chi connectivity index (χ4v) is 2.69. The van der Waals surface area contributed by atoms with Gasteiger partial charge in [-0.05, 0) is 12.3 Å². The van der Waals surface area contributed by atoms with Crippen LogP contribution in [-0.4, -0.2) is 36.7 Å². The molecule has 1 atom stereocenters. The number of cyclic esters (lactones) is 1. The number of nitrogens with zero attached hydrogens (tertiary/aromatic N) is 1. The highest BCUT2D eigenvalue weighted by Crippen LogP contribution is 2.26. The van der Waals surface area contributed by atoms with E-state index in [1.54, 1.807) is 0 Å². The molecule has 1 saturated heterocycles. The van der Waals surface area contributed by atoms with Gasteiger partial charge in [0.25, 0.3) is 0 Å². The average Bonchev–Trinajstić information content (AvgIpc) is 2.69. The Morgan fingerprint density at radius 1 is 1.31 bits per heavy atom. The number of hydrogen-bond donors (Lipinski definition) is 1. The Hall–Kier alpha value is -0.770. The fourth-order valence-electron chi connectivity index (χ4n) is 2.69. The highest BCUT2D eigenvalue weighted by atomic mass is 16.6. The van der Waals surface area contributed by atoms with E-state index in [1.807, 2.05) is 4.90 Å². The summed E-state index contributed by atoms with van der Waals surface area (Å²) in [6.45, 7) is 1.97. The molecule has 0 bridgehead atoms. The van der Waals surface area contributed by atoms with Crippen LogP contribution in [0.1, 0.15) is 38.5 Å². The molecule has 0 spiro atoms. The Morgan fingerprint density at radius 3 is 2.69 bits per heavy atom. The van der Waals surface area contributed by atoms with Gasteiger partial charge in [0, 0.05) is 13.1 Å². The lowest BCUT2D eigenvalue weighted by Gasteiger charge is -2.23. The van der Waals surface area contributed by atoms with Crippen LogP contribution in [0.25, 0.3) is 0 Å². The summed E-state index contributed by atoms with van der Waals surface area (Å²) in [7, 11) is 0. The number of rotatable bonds is 4. The molecule has 0 aromatic heterocycles. The maximum atomic E-state index is 11.5. The molecule has 4 nitrogen and oxygen atoms in total. The second kappa shape index (κ2) is 5.53. The van der Waals surface area contributed by atoms with Gasteiger partial charge < -0.3 is 15.4 Å². The second-order valence-electron chi connectivity index (χ2n) is 4.98. The monoisotopic (exact) mass is 226 g/mol. The molecule has 2 rings (SSSR count). The second-order valence-corrected chi connectivity index (χ2v) is 4.98.